The number of ether oxygens (including phenoxy) is 1. The van der Waals surface area contributed by atoms with Gasteiger partial charge in [-0.05, 0) is 30.2 Å². The van der Waals surface area contributed by atoms with Crippen molar-refractivity contribution in [2.45, 2.75) is 12.3 Å². The third-order valence-electron chi connectivity index (χ3n) is 3.26. The summed E-state index contributed by atoms with van der Waals surface area (Å²) in [5.41, 5.74) is 3.24. The molecule has 1 aromatic heterocycles. The number of nitrogens with zero attached hydrogens (tertiary/aromatic N) is 2. The van der Waals surface area contributed by atoms with E-state index in [0.717, 1.165) is 42.3 Å². The summed E-state index contributed by atoms with van der Waals surface area (Å²) in [6.07, 6.45) is 4.63. The van der Waals surface area contributed by atoms with E-state index in [1.807, 2.05) is 30.5 Å². The van der Waals surface area contributed by atoms with Gasteiger partial charge in [0.1, 0.15) is 5.75 Å². The van der Waals surface area contributed by atoms with Gasteiger partial charge in [0.05, 0.1) is 24.2 Å². The number of para-hydroxylation sites is 2. The largest absolute Gasteiger partial charge is 0.491 e. The zero-order valence-corrected chi connectivity index (χ0v) is 11.3. The highest BCUT2D eigenvalue weighted by molar-refractivity contribution is 6.17. The summed E-state index contributed by atoms with van der Waals surface area (Å²) in [5.74, 6) is 1.40. The average Bonchev–Trinajstić information content (AvgIpc) is 2.69. The monoisotopic (exact) mass is 274 g/mol. The van der Waals surface area contributed by atoms with Crippen LogP contribution >= 0.6 is 11.6 Å². The second-order valence-corrected chi connectivity index (χ2v) is 4.73. The minimum Gasteiger partial charge on any atom is -0.491 e. The molecule has 0 saturated carbocycles. The summed E-state index contributed by atoms with van der Waals surface area (Å²) in [6, 6.07) is 10.1. The topological polar surface area (TPSA) is 25.4 Å². The Hall–Kier alpha value is -1.74. The van der Waals surface area contributed by atoms with Crippen molar-refractivity contribution in [2.75, 3.05) is 18.1 Å². The molecule has 0 bridgehead atoms. The molecule has 0 fully saturated rings. The van der Waals surface area contributed by atoms with Crippen LogP contribution in [0.3, 0.4) is 0 Å². The number of anilines is 2. The standard InChI is InChI=1S/C15H15ClN2O/c16-10-12-6-7-17-11-14(12)18-8-3-9-19-15-5-2-1-4-13(15)18/h1-2,4-7,11H,3,8-10H2. The summed E-state index contributed by atoms with van der Waals surface area (Å²) in [7, 11) is 0. The van der Waals surface area contributed by atoms with Crippen LogP contribution in [0.15, 0.2) is 42.7 Å². The Labute approximate surface area is 117 Å². The van der Waals surface area contributed by atoms with Crippen molar-refractivity contribution in [3.05, 3.63) is 48.3 Å². The van der Waals surface area contributed by atoms with Crippen molar-refractivity contribution >= 4 is 23.0 Å². The molecule has 0 aliphatic carbocycles. The van der Waals surface area contributed by atoms with Gasteiger partial charge in [-0.1, -0.05) is 12.1 Å². The molecule has 0 radical (unpaired) electrons. The first-order valence-corrected chi connectivity index (χ1v) is 6.92. The van der Waals surface area contributed by atoms with Gasteiger partial charge in [-0.2, -0.15) is 0 Å². The maximum Gasteiger partial charge on any atom is 0.142 e. The van der Waals surface area contributed by atoms with E-state index in [1.54, 1.807) is 6.20 Å². The molecule has 98 valence electrons. The van der Waals surface area contributed by atoms with E-state index < -0.39 is 0 Å². The van der Waals surface area contributed by atoms with Crippen LogP contribution in [0.1, 0.15) is 12.0 Å². The predicted molar refractivity (Wildman–Crippen MR) is 77.4 cm³/mol. The van der Waals surface area contributed by atoms with Gasteiger partial charge in [-0.15, -0.1) is 11.6 Å². The molecule has 1 aliphatic heterocycles. The van der Waals surface area contributed by atoms with E-state index in [9.17, 15) is 0 Å². The van der Waals surface area contributed by atoms with E-state index >= 15 is 0 Å². The summed E-state index contributed by atoms with van der Waals surface area (Å²) < 4.78 is 5.78. The number of pyridine rings is 1. The molecule has 0 spiro atoms. The molecule has 4 heteroatoms. The van der Waals surface area contributed by atoms with Gasteiger partial charge in [0, 0.05) is 18.6 Å². The molecule has 3 rings (SSSR count). The third-order valence-corrected chi connectivity index (χ3v) is 3.55. The van der Waals surface area contributed by atoms with Gasteiger partial charge < -0.3 is 9.64 Å². The van der Waals surface area contributed by atoms with Gasteiger partial charge in [0.25, 0.3) is 0 Å². The fourth-order valence-corrected chi connectivity index (χ4v) is 2.57. The Bertz CT molecular complexity index is 574. The lowest BCUT2D eigenvalue weighted by Gasteiger charge is -2.25. The van der Waals surface area contributed by atoms with Crippen LogP contribution < -0.4 is 9.64 Å². The minimum atomic E-state index is 0.484. The first kappa shape index (κ1) is 12.3. The highest BCUT2D eigenvalue weighted by Gasteiger charge is 2.19. The Balaban J connectivity index is 2.09. The fraction of sp³-hybridized carbons (Fsp3) is 0.267. The Morgan fingerprint density at radius 1 is 1.21 bits per heavy atom. The molecule has 0 amide bonds. The zero-order chi connectivity index (χ0) is 13.1. The summed E-state index contributed by atoms with van der Waals surface area (Å²) in [5, 5.41) is 0. The summed E-state index contributed by atoms with van der Waals surface area (Å²) in [6.45, 7) is 1.65. The highest BCUT2D eigenvalue weighted by atomic mass is 35.5. The van der Waals surface area contributed by atoms with Crippen LogP contribution in [0.5, 0.6) is 5.75 Å². The number of rotatable bonds is 2. The summed E-state index contributed by atoms with van der Waals surface area (Å²) in [4.78, 5) is 6.47. The Morgan fingerprint density at radius 2 is 2.11 bits per heavy atom. The van der Waals surface area contributed by atoms with Crippen molar-refractivity contribution in [1.82, 2.24) is 4.98 Å². The van der Waals surface area contributed by atoms with E-state index in [0.29, 0.717) is 5.88 Å². The number of alkyl halides is 1. The number of benzene rings is 1. The van der Waals surface area contributed by atoms with Crippen LogP contribution in [-0.4, -0.2) is 18.1 Å². The lowest BCUT2D eigenvalue weighted by Crippen LogP contribution is -2.19. The number of aromatic nitrogens is 1. The molecule has 2 aromatic rings. The van der Waals surface area contributed by atoms with E-state index in [4.69, 9.17) is 16.3 Å². The lowest BCUT2D eigenvalue weighted by atomic mass is 10.2. The van der Waals surface area contributed by atoms with Crippen molar-refractivity contribution in [2.24, 2.45) is 0 Å². The third kappa shape index (κ3) is 2.38. The fourth-order valence-electron chi connectivity index (χ4n) is 2.35. The van der Waals surface area contributed by atoms with Crippen LogP contribution in [0.4, 0.5) is 11.4 Å². The summed E-state index contributed by atoms with van der Waals surface area (Å²) >= 11 is 6.03. The molecule has 0 unspecified atom stereocenters. The van der Waals surface area contributed by atoms with Gasteiger partial charge in [0.2, 0.25) is 0 Å². The van der Waals surface area contributed by atoms with E-state index in [2.05, 4.69) is 16.0 Å². The van der Waals surface area contributed by atoms with E-state index in [-0.39, 0.29) is 0 Å². The normalized spacial score (nSPS) is 14.5. The zero-order valence-electron chi connectivity index (χ0n) is 10.6. The van der Waals surface area contributed by atoms with Crippen molar-refractivity contribution in [3.8, 4) is 5.75 Å². The molecule has 2 heterocycles. The second kappa shape index (κ2) is 5.49. The first-order chi connectivity index (χ1) is 9.40. The van der Waals surface area contributed by atoms with Crippen LogP contribution in [0, 0.1) is 0 Å². The maximum atomic E-state index is 6.03. The van der Waals surface area contributed by atoms with Crippen molar-refractivity contribution in [3.63, 3.8) is 0 Å². The number of hydrogen-bond acceptors (Lipinski definition) is 3. The smallest absolute Gasteiger partial charge is 0.142 e. The van der Waals surface area contributed by atoms with Gasteiger partial charge >= 0.3 is 0 Å². The maximum absolute atomic E-state index is 6.03. The number of hydrogen-bond donors (Lipinski definition) is 0. The molecule has 1 aliphatic rings. The molecule has 0 atom stereocenters. The minimum absolute atomic E-state index is 0.484. The Morgan fingerprint density at radius 3 is 3.00 bits per heavy atom. The van der Waals surface area contributed by atoms with Gasteiger partial charge in [-0.3, -0.25) is 4.98 Å². The number of fused-ring (bicyclic) bond motifs is 1. The molecule has 1 aromatic carbocycles. The molecular formula is C15H15ClN2O. The van der Waals surface area contributed by atoms with Crippen molar-refractivity contribution in [1.29, 1.82) is 0 Å². The second-order valence-electron chi connectivity index (χ2n) is 4.46. The first-order valence-electron chi connectivity index (χ1n) is 6.38. The van der Waals surface area contributed by atoms with Crippen LogP contribution in [0.25, 0.3) is 0 Å². The van der Waals surface area contributed by atoms with Crippen molar-refractivity contribution < 1.29 is 4.74 Å². The molecule has 19 heavy (non-hydrogen) atoms. The van der Waals surface area contributed by atoms with Crippen LogP contribution in [0.2, 0.25) is 0 Å². The Kier molecular flexibility index (Phi) is 3.56. The molecular weight excluding hydrogens is 260 g/mol. The molecule has 0 saturated heterocycles. The number of halogens is 1. The SMILES string of the molecule is ClCc1ccncc1N1CCCOc2ccccc21. The van der Waals surface area contributed by atoms with Gasteiger partial charge in [-0.25, -0.2) is 0 Å². The molecule has 3 nitrogen and oxygen atoms in total. The average molecular weight is 275 g/mol. The highest BCUT2D eigenvalue weighted by Crippen LogP contribution is 2.37. The molecule has 0 N–H and O–H groups in total. The van der Waals surface area contributed by atoms with Crippen LogP contribution in [-0.2, 0) is 5.88 Å². The quantitative estimate of drug-likeness (QED) is 0.780. The van der Waals surface area contributed by atoms with E-state index in [1.165, 1.54) is 0 Å². The predicted octanol–water partition coefficient (Wildman–Crippen LogP) is 3.74. The van der Waals surface area contributed by atoms with Gasteiger partial charge in [0.15, 0.2) is 0 Å². The lowest BCUT2D eigenvalue weighted by molar-refractivity contribution is 0.322.